The average molecular weight is 293 g/mol. The van der Waals surface area contributed by atoms with Gasteiger partial charge in [0.05, 0.1) is 18.1 Å². The summed E-state index contributed by atoms with van der Waals surface area (Å²) < 4.78 is 19.1. The van der Waals surface area contributed by atoms with Crippen molar-refractivity contribution in [2.75, 3.05) is 19.7 Å². The predicted molar refractivity (Wildman–Crippen MR) is 76.4 cm³/mol. The van der Waals surface area contributed by atoms with Gasteiger partial charge in [0, 0.05) is 13.1 Å². The van der Waals surface area contributed by atoms with E-state index in [4.69, 9.17) is 4.74 Å². The van der Waals surface area contributed by atoms with Crippen molar-refractivity contribution in [1.29, 1.82) is 0 Å². The van der Waals surface area contributed by atoms with Crippen LogP contribution in [0.1, 0.15) is 35.7 Å². The minimum Gasteiger partial charge on any atom is -0.466 e. The van der Waals surface area contributed by atoms with Crippen molar-refractivity contribution in [3.05, 3.63) is 35.1 Å². The van der Waals surface area contributed by atoms with E-state index in [0.29, 0.717) is 31.7 Å². The summed E-state index contributed by atoms with van der Waals surface area (Å²) in [4.78, 5) is 25.8. The van der Waals surface area contributed by atoms with Gasteiger partial charge in [-0.15, -0.1) is 0 Å². The van der Waals surface area contributed by atoms with Crippen LogP contribution in [0.25, 0.3) is 0 Å². The van der Waals surface area contributed by atoms with Crippen LogP contribution >= 0.6 is 0 Å². The molecular formula is C16H20FNO3. The Morgan fingerprint density at radius 2 is 2.19 bits per heavy atom. The molecule has 0 N–H and O–H groups in total. The summed E-state index contributed by atoms with van der Waals surface area (Å²) in [5.41, 5.74) is 0.513. The quantitative estimate of drug-likeness (QED) is 0.805. The van der Waals surface area contributed by atoms with Crippen molar-refractivity contribution in [3.63, 3.8) is 0 Å². The predicted octanol–water partition coefficient (Wildman–Crippen LogP) is 2.55. The van der Waals surface area contributed by atoms with Crippen molar-refractivity contribution in [1.82, 2.24) is 4.90 Å². The van der Waals surface area contributed by atoms with E-state index in [9.17, 15) is 14.0 Å². The molecule has 1 aliphatic heterocycles. The molecule has 5 heteroatoms. The van der Waals surface area contributed by atoms with Crippen LogP contribution in [0.4, 0.5) is 4.39 Å². The van der Waals surface area contributed by atoms with Crippen molar-refractivity contribution in [3.8, 4) is 0 Å². The fraction of sp³-hybridized carbons (Fsp3) is 0.500. The molecule has 0 aliphatic carbocycles. The lowest BCUT2D eigenvalue weighted by Crippen LogP contribution is -2.43. The number of likely N-dealkylation sites (tertiary alicyclic amines) is 1. The van der Waals surface area contributed by atoms with Gasteiger partial charge in [-0.25, -0.2) is 4.39 Å². The number of carbonyl (C=O) groups excluding carboxylic acids is 2. The molecule has 0 saturated carbocycles. The summed E-state index contributed by atoms with van der Waals surface area (Å²) >= 11 is 0. The van der Waals surface area contributed by atoms with Crippen LogP contribution in [0, 0.1) is 18.7 Å². The van der Waals surface area contributed by atoms with Gasteiger partial charge in [0.2, 0.25) is 0 Å². The van der Waals surface area contributed by atoms with E-state index in [0.717, 1.165) is 6.42 Å². The summed E-state index contributed by atoms with van der Waals surface area (Å²) in [6, 6.07) is 4.78. The van der Waals surface area contributed by atoms with Crippen molar-refractivity contribution in [2.45, 2.75) is 26.7 Å². The molecule has 21 heavy (non-hydrogen) atoms. The third kappa shape index (κ3) is 3.40. The number of hydrogen-bond donors (Lipinski definition) is 0. The number of rotatable bonds is 3. The molecule has 2 rings (SSSR count). The zero-order valence-electron chi connectivity index (χ0n) is 12.4. The number of hydrogen-bond acceptors (Lipinski definition) is 3. The first-order valence-electron chi connectivity index (χ1n) is 7.25. The van der Waals surface area contributed by atoms with Crippen LogP contribution in [0.15, 0.2) is 18.2 Å². The Balaban J connectivity index is 2.12. The van der Waals surface area contributed by atoms with Gasteiger partial charge in [-0.05, 0) is 38.3 Å². The van der Waals surface area contributed by atoms with Gasteiger partial charge >= 0.3 is 5.97 Å². The number of amides is 1. The van der Waals surface area contributed by atoms with E-state index in [2.05, 4.69) is 0 Å². The molecule has 0 spiro atoms. The van der Waals surface area contributed by atoms with Crippen molar-refractivity contribution in [2.24, 2.45) is 5.92 Å². The molecule has 0 bridgehead atoms. The first-order valence-corrected chi connectivity index (χ1v) is 7.25. The van der Waals surface area contributed by atoms with Crippen molar-refractivity contribution < 1.29 is 18.7 Å². The first kappa shape index (κ1) is 15.5. The largest absolute Gasteiger partial charge is 0.466 e. The van der Waals surface area contributed by atoms with E-state index in [1.54, 1.807) is 30.9 Å². The zero-order chi connectivity index (χ0) is 15.4. The number of nitrogens with zero attached hydrogens (tertiary/aromatic N) is 1. The normalized spacial score (nSPS) is 18.4. The SMILES string of the molecule is CCOC(=O)C1CCCN(C(=O)c2cccc(C)c2F)C1. The lowest BCUT2D eigenvalue weighted by Gasteiger charge is -2.31. The standard InChI is InChI=1S/C16H20FNO3/c1-3-21-16(20)12-7-5-9-18(10-12)15(19)13-8-4-6-11(2)14(13)17/h4,6,8,12H,3,5,7,9-10H2,1-2H3. The number of aryl methyl sites for hydroxylation is 1. The molecule has 0 radical (unpaired) electrons. The van der Waals surface area contributed by atoms with E-state index in [1.807, 2.05) is 0 Å². The smallest absolute Gasteiger partial charge is 0.310 e. The average Bonchev–Trinajstić information content (AvgIpc) is 2.50. The minimum atomic E-state index is -0.485. The molecular weight excluding hydrogens is 273 g/mol. The Morgan fingerprint density at radius 1 is 1.43 bits per heavy atom. The van der Waals surface area contributed by atoms with E-state index >= 15 is 0 Å². The maximum atomic E-state index is 14.0. The van der Waals surface area contributed by atoms with Gasteiger partial charge in [0.1, 0.15) is 5.82 Å². The topological polar surface area (TPSA) is 46.6 Å². The van der Waals surface area contributed by atoms with Gasteiger partial charge in [-0.3, -0.25) is 9.59 Å². The molecule has 0 aromatic heterocycles. The third-order valence-corrected chi connectivity index (χ3v) is 3.75. The summed E-state index contributed by atoms with van der Waals surface area (Å²) in [7, 11) is 0. The highest BCUT2D eigenvalue weighted by Crippen LogP contribution is 2.21. The molecule has 1 amide bonds. The van der Waals surface area contributed by atoms with Crippen LogP contribution in [-0.2, 0) is 9.53 Å². The Bertz CT molecular complexity index is 544. The summed E-state index contributed by atoms with van der Waals surface area (Å²) in [5.74, 6) is -1.43. The third-order valence-electron chi connectivity index (χ3n) is 3.75. The van der Waals surface area contributed by atoms with Crippen LogP contribution in [0.3, 0.4) is 0 Å². The highest BCUT2D eigenvalue weighted by molar-refractivity contribution is 5.95. The maximum absolute atomic E-state index is 14.0. The van der Waals surface area contributed by atoms with Gasteiger partial charge in [-0.2, -0.15) is 0 Å². The molecule has 114 valence electrons. The summed E-state index contributed by atoms with van der Waals surface area (Å²) in [6.45, 7) is 4.55. The van der Waals surface area contributed by atoms with Crippen LogP contribution < -0.4 is 0 Å². The molecule has 1 heterocycles. The Hall–Kier alpha value is -1.91. The van der Waals surface area contributed by atoms with Crippen LogP contribution in [-0.4, -0.2) is 36.5 Å². The molecule has 1 atom stereocenters. The molecule has 1 aromatic rings. The maximum Gasteiger partial charge on any atom is 0.310 e. The number of ether oxygens (including phenoxy) is 1. The summed E-state index contributed by atoms with van der Waals surface area (Å²) in [6.07, 6.45) is 1.43. The molecule has 1 unspecified atom stereocenters. The minimum absolute atomic E-state index is 0.0690. The second-order valence-corrected chi connectivity index (χ2v) is 5.28. The molecule has 1 aliphatic rings. The highest BCUT2D eigenvalue weighted by atomic mass is 19.1. The molecule has 1 fully saturated rings. The van der Waals surface area contributed by atoms with Crippen molar-refractivity contribution >= 4 is 11.9 Å². The summed E-state index contributed by atoms with van der Waals surface area (Å²) in [5, 5.41) is 0. The number of benzene rings is 1. The second-order valence-electron chi connectivity index (χ2n) is 5.28. The number of halogens is 1. The van der Waals surface area contributed by atoms with E-state index < -0.39 is 5.82 Å². The zero-order valence-corrected chi connectivity index (χ0v) is 12.4. The van der Waals surface area contributed by atoms with E-state index in [1.165, 1.54) is 6.07 Å². The Labute approximate surface area is 123 Å². The number of piperidine rings is 1. The van der Waals surface area contributed by atoms with Gasteiger partial charge in [-0.1, -0.05) is 12.1 Å². The van der Waals surface area contributed by atoms with Crippen LogP contribution in [0.5, 0.6) is 0 Å². The Kier molecular flexibility index (Phi) is 4.94. The lowest BCUT2D eigenvalue weighted by atomic mass is 9.97. The Morgan fingerprint density at radius 3 is 2.90 bits per heavy atom. The molecule has 1 saturated heterocycles. The van der Waals surface area contributed by atoms with E-state index in [-0.39, 0.29) is 23.4 Å². The highest BCUT2D eigenvalue weighted by Gasteiger charge is 2.30. The van der Waals surface area contributed by atoms with Gasteiger partial charge in [0.25, 0.3) is 5.91 Å². The fourth-order valence-corrected chi connectivity index (χ4v) is 2.60. The van der Waals surface area contributed by atoms with Gasteiger partial charge in [0.15, 0.2) is 0 Å². The lowest BCUT2D eigenvalue weighted by molar-refractivity contribution is -0.149. The monoisotopic (exact) mass is 293 g/mol. The first-order chi connectivity index (χ1) is 10.0. The van der Waals surface area contributed by atoms with Crippen LogP contribution in [0.2, 0.25) is 0 Å². The fourth-order valence-electron chi connectivity index (χ4n) is 2.60. The number of carbonyl (C=O) groups is 2. The second kappa shape index (κ2) is 6.70. The van der Waals surface area contributed by atoms with Gasteiger partial charge < -0.3 is 9.64 Å². The molecule has 1 aromatic carbocycles. The molecule has 4 nitrogen and oxygen atoms in total. The number of esters is 1.